The van der Waals surface area contributed by atoms with Gasteiger partial charge in [-0.15, -0.1) is 0 Å². The minimum Gasteiger partial charge on any atom is -0.322 e. The van der Waals surface area contributed by atoms with E-state index in [1.807, 2.05) is 36.4 Å². The van der Waals surface area contributed by atoms with E-state index in [4.69, 9.17) is 0 Å². The fraction of sp³-hybridized carbons (Fsp3) is 0.312. The molecule has 0 fully saturated rings. The van der Waals surface area contributed by atoms with Crippen molar-refractivity contribution in [2.75, 3.05) is 6.54 Å². The first-order valence-electron chi connectivity index (χ1n) is 6.70. The van der Waals surface area contributed by atoms with E-state index in [2.05, 4.69) is 24.1 Å². The van der Waals surface area contributed by atoms with Crippen LogP contribution in [-0.2, 0) is 6.54 Å². The molecule has 0 unspecified atom stereocenters. The standard InChI is InChI=1S/C16H20N2O/c1-3-10-17-11-14-8-9-15(18-16(14)19)13-6-4-12(2)5-7-13/h4-9,17H,3,10-11H2,1-2H3,(H,18,19). The third kappa shape index (κ3) is 3.55. The lowest BCUT2D eigenvalue weighted by atomic mass is 10.1. The number of rotatable bonds is 5. The molecule has 0 saturated carbocycles. The van der Waals surface area contributed by atoms with Gasteiger partial charge in [0.25, 0.3) is 5.56 Å². The van der Waals surface area contributed by atoms with Crippen LogP contribution in [0.3, 0.4) is 0 Å². The molecule has 0 saturated heterocycles. The molecular formula is C16H20N2O. The van der Waals surface area contributed by atoms with Crippen molar-refractivity contribution in [3.63, 3.8) is 0 Å². The number of hydrogen-bond donors (Lipinski definition) is 2. The van der Waals surface area contributed by atoms with Gasteiger partial charge in [0, 0.05) is 17.8 Å². The first-order valence-corrected chi connectivity index (χ1v) is 6.70. The van der Waals surface area contributed by atoms with Crippen molar-refractivity contribution < 1.29 is 0 Å². The molecule has 0 radical (unpaired) electrons. The molecule has 0 spiro atoms. The second-order valence-electron chi connectivity index (χ2n) is 4.77. The van der Waals surface area contributed by atoms with Gasteiger partial charge < -0.3 is 10.3 Å². The summed E-state index contributed by atoms with van der Waals surface area (Å²) in [6.07, 6.45) is 1.07. The Morgan fingerprint density at radius 1 is 1.11 bits per heavy atom. The molecule has 3 nitrogen and oxygen atoms in total. The molecule has 0 atom stereocenters. The first-order chi connectivity index (χ1) is 9.20. The highest BCUT2D eigenvalue weighted by atomic mass is 16.1. The van der Waals surface area contributed by atoms with Crippen LogP contribution in [0.25, 0.3) is 11.3 Å². The Hall–Kier alpha value is -1.87. The normalized spacial score (nSPS) is 10.6. The van der Waals surface area contributed by atoms with Crippen LogP contribution in [0.5, 0.6) is 0 Å². The van der Waals surface area contributed by atoms with Gasteiger partial charge in [0.15, 0.2) is 0 Å². The van der Waals surface area contributed by atoms with Crippen molar-refractivity contribution in [2.24, 2.45) is 0 Å². The van der Waals surface area contributed by atoms with Crippen molar-refractivity contribution in [3.8, 4) is 11.3 Å². The Bertz CT molecular complexity index is 584. The summed E-state index contributed by atoms with van der Waals surface area (Å²) in [6, 6.07) is 12.0. The van der Waals surface area contributed by atoms with Crippen LogP contribution < -0.4 is 10.9 Å². The fourth-order valence-electron chi connectivity index (χ4n) is 1.94. The van der Waals surface area contributed by atoms with Gasteiger partial charge in [0.05, 0.1) is 0 Å². The molecule has 19 heavy (non-hydrogen) atoms. The monoisotopic (exact) mass is 256 g/mol. The quantitative estimate of drug-likeness (QED) is 0.808. The summed E-state index contributed by atoms with van der Waals surface area (Å²) in [7, 11) is 0. The zero-order chi connectivity index (χ0) is 13.7. The highest BCUT2D eigenvalue weighted by molar-refractivity contribution is 5.59. The maximum atomic E-state index is 12.0. The van der Waals surface area contributed by atoms with E-state index in [1.54, 1.807) is 0 Å². The van der Waals surface area contributed by atoms with Crippen molar-refractivity contribution in [1.82, 2.24) is 10.3 Å². The first kappa shape index (κ1) is 13.6. The van der Waals surface area contributed by atoms with Gasteiger partial charge in [-0.3, -0.25) is 4.79 Å². The third-order valence-electron chi connectivity index (χ3n) is 3.10. The number of pyridine rings is 1. The third-order valence-corrected chi connectivity index (χ3v) is 3.10. The van der Waals surface area contributed by atoms with Gasteiger partial charge in [0.1, 0.15) is 0 Å². The van der Waals surface area contributed by atoms with E-state index in [0.29, 0.717) is 6.54 Å². The van der Waals surface area contributed by atoms with Crippen LogP contribution in [0.1, 0.15) is 24.5 Å². The molecular weight excluding hydrogens is 236 g/mol. The van der Waals surface area contributed by atoms with Crippen molar-refractivity contribution in [3.05, 3.63) is 57.9 Å². The summed E-state index contributed by atoms with van der Waals surface area (Å²) in [5.74, 6) is 0. The summed E-state index contributed by atoms with van der Waals surface area (Å²) in [6.45, 7) is 5.71. The van der Waals surface area contributed by atoms with Gasteiger partial charge in [0.2, 0.25) is 0 Å². The van der Waals surface area contributed by atoms with E-state index >= 15 is 0 Å². The van der Waals surface area contributed by atoms with Crippen LogP contribution in [0, 0.1) is 6.92 Å². The molecule has 1 aromatic carbocycles. The minimum absolute atomic E-state index is 0.0123. The highest BCUT2D eigenvalue weighted by Crippen LogP contribution is 2.16. The highest BCUT2D eigenvalue weighted by Gasteiger charge is 2.02. The van der Waals surface area contributed by atoms with E-state index in [-0.39, 0.29) is 5.56 Å². The summed E-state index contributed by atoms with van der Waals surface area (Å²) < 4.78 is 0. The number of H-pyrrole nitrogens is 1. The van der Waals surface area contributed by atoms with Crippen LogP contribution in [0.2, 0.25) is 0 Å². The molecule has 1 aromatic heterocycles. The van der Waals surface area contributed by atoms with Crippen molar-refractivity contribution in [2.45, 2.75) is 26.8 Å². The van der Waals surface area contributed by atoms with Gasteiger partial charge in [-0.05, 0) is 31.5 Å². The topological polar surface area (TPSA) is 44.9 Å². The van der Waals surface area contributed by atoms with Crippen LogP contribution in [0.15, 0.2) is 41.2 Å². The minimum atomic E-state index is -0.0123. The van der Waals surface area contributed by atoms with Crippen molar-refractivity contribution in [1.29, 1.82) is 0 Å². The molecule has 0 aliphatic carbocycles. The molecule has 2 aromatic rings. The Balaban J connectivity index is 2.19. The van der Waals surface area contributed by atoms with Gasteiger partial charge in [-0.1, -0.05) is 42.8 Å². The summed E-state index contributed by atoms with van der Waals surface area (Å²) in [5.41, 5.74) is 3.89. The molecule has 0 amide bonds. The molecule has 1 heterocycles. The number of aromatic amines is 1. The zero-order valence-electron chi connectivity index (χ0n) is 11.5. The SMILES string of the molecule is CCCNCc1ccc(-c2ccc(C)cc2)[nH]c1=O. The predicted octanol–water partition coefficient (Wildman–Crippen LogP) is 2.85. The zero-order valence-corrected chi connectivity index (χ0v) is 11.5. The van der Waals surface area contributed by atoms with E-state index in [1.165, 1.54) is 5.56 Å². The van der Waals surface area contributed by atoms with Crippen molar-refractivity contribution >= 4 is 0 Å². The number of hydrogen-bond acceptors (Lipinski definition) is 2. The van der Waals surface area contributed by atoms with Gasteiger partial charge in [-0.25, -0.2) is 0 Å². The van der Waals surface area contributed by atoms with Crippen LogP contribution in [0.4, 0.5) is 0 Å². The maximum absolute atomic E-state index is 12.0. The molecule has 100 valence electrons. The Kier molecular flexibility index (Phi) is 4.53. The van der Waals surface area contributed by atoms with Crippen LogP contribution in [-0.4, -0.2) is 11.5 Å². The molecule has 2 rings (SSSR count). The lowest BCUT2D eigenvalue weighted by Gasteiger charge is -2.05. The van der Waals surface area contributed by atoms with Crippen LogP contribution >= 0.6 is 0 Å². The molecule has 3 heteroatoms. The lowest BCUT2D eigenvalue weighted by Crippen LogP contribution is -2.21. The lowest BCUT2D eigenvalue weighted by molar-refractivity contribution is 0.671. The Morgan fingerprint density at radius 2 is 1.84 bits per heavy atom. The largest absolute Gasteiger partial charge is 0.322 e. The second-order valence-corrected chi connectivity index (χ2v) is 4.77. The van der Waals surface area contributed by atoms with Gasteiger partial charge >= 0.3 is 0 Å². The average molecular weight is 256 g/mol. The molecule has 0 bridgehead atoms. The van der Waals surface area contributed by atoms with E-state index < -0.39 is 0 Å². The predicted molar refractivity (Wildman–Crippen MR) is 79.2 cm³/mol. The molecule has 0 aliphatic heterocycles. The summed E-state index contributed by atoms with van der Waals surface area (Å²) in [4.78, 5) is 14.9. The summed E-state index contributed by atoms with van der Waals surface area (Å²) in [5, 5.41) is 3.24. The Morgan fingerprint density at radius 3 is 2.47 bits per heavy atom. The number of nitrogens with one attached hydrogen (secondary N) is 2. The Labute approximate surface area is 113 Å². The fourth-order valence-corrected chi connectivity index (χ4v) is 1.94. The number of aromatic nitrogens is 1. The van der Waals surface area contributed by atoms with E-state index in [9.17, 15) is 4.79 Å². The number of benzene rings is 1. The average Bonchev–Trinajstić information content (AvgIpc) is 2.42. The van der Waals surface area contributed by atoms with E-state index in [0.717, 1.165) is 29.8 Å². The maximum Gasteiger partial charge on any atom is 0.252 e. The van der Waals surface area contributed by atoms with Gasteiger partial charge in [-0.2, -0.15) is 0 Å². The summed E-state index contributed by atoms with van der Waals surface area (Å²) >= 11 is 0. The molecule has 2 N–H and O–H groups in total. The molecule has 0 aliphatic rings. The smallest absolute Gasteiger partial charge is 0.252 e. The second kappa shape index (κ2) is 6.34. The number of aryl methyl sites for hydroxylation is 1.